The molecule has 4 heterocycles. The number of aliphatic hydroxyl groups is 1. The van der Waals surface area contributed by atoms with Crippen LogP contribution < -0.4 is 0 Å². The largest absolute Gasteiger partial charge is 0.505 e. The van der Waals surface area contributed by atoms with Crippen molar-refractivity contribution in [2.75, 3.05) is 27.2 Å². The Hall–Kier alpha value is -2.97. The van der Waals surface area contributed by atoms with Gasteiger partial charge in [-0.2, -0.15) is 0 Å². The molecule has 3 aromatic heterocycles. The Kier molecular flexibility index (Phi) is 4.97. The lowest BCUT2D eigenvalue weighted by Gasteiger charge is -2.25. The van der Waals surface area contributed by atoms with E-state index < -0.39 is 17.7 Å². The van der Waals surface area contributed by atoms with Crippen LogP contribution >= 0.6 is 11.3 Å². The Morgan fingerprint density at radius 3 is 2.72 bits per heavy atom. The molecule has 1 N–H and O–H groups in total. The van der Waals surface area contributed by atoms with E-state index in [0.717, 1.165) is 4.88 Å². The van der Waals surface area contributed by atoms with Crippen molar-refractivity contribution in [3.8, 4) is 0 Å². The first-order valence-corrected chi connectivity index (χ1v) is 10.2. The number of carbonyl (C=O) groups excluding carboxylic acids is 2. The smallest absolute Gasteiger partial charge is 0.295 e. The van der Waals surface area contributed by atoms with E-state index in [1.807, 2.05) is 54.7 Å². The number of amides is 1. The molecule has 0 unspecified atom stereocenters. The van der Waals surface area contributed by atoms with E-state index in [9.17, 15) is 14.7 Å². The zero-order valence-electron chi connectivity index (χ0n) is 16.5. The van der Waals surface area contributed by atoms with Crippen LogP contribution in [0.1, 0.15) is 22.3 Å². The van der Waals surface area contributed by atoms with Crippen LogP contribution in [0.5, 0.6) is 0 Å². The molecule has 1 aliphatic rings. The molecular formula is C21H22N4O3S. The Labute approximate surface area is 172 Å². The summed E-state index contributed by atoms with van der Waals surface area (Å²) in [5.41, 5.74) is 1.82. The summed E-state index contributed by atoms with van der Waals surface area (Å²) in [6.45, 7) is 2.79. The monoisotopic (exact) mass is 410 g/mol. The third-order valence-corrected chi connectivity index (χ3v) is 5.99. The second kappa shape index (κ2) is 7.46. The first-order chi connectivity index (χ1) is 13.9. The van der Waals surface area contributed by atoms with Gasteiger partial charge in [0.1, 0.15) is 11.3 Å². The lowest BCUT2D eigenvalue weighted by molar-refractivity contribution is -0.140. The number of nitrogens with zero attached hydrogens (tertiary/aromatic N) is 4. The topological polar surface area (TPSA) is 78.1 Å². The summed E-state index contributed by atoms with van der Waals surface area (Å²) >= 11 is 1.46. The van der Waals surface area contributed by atoms with E-state index in [0.29, 0.717) is 30.1 Å². The van der Waals surface area contributed by atoms with Gasteiger partial charge in [0.25, 0.3) is 11.7 Å². The molecule has 3 aromatic rings. The van der Waals surface area contributed by atoms with Crippen LogP contribution in [0.15, 0.2) is 47.5 Å². The number of imidazole rings is 1. The Morgan fingerprint density at radius 2 is 2.03 bits per heavy atom. The lowest BCUT2D eigenvalue weighted by Crippen LogP contribution is -2.35. The standard InChI is InChI=1S/C21H22N4O3S/c1-13-17(24-9-5-4-8-15(24)22-13)19(26)16-18(14-7-6-12-29-14)25(11-10-23(2)3)21(28)20(16)27/h4-9,12,18,26H,10-11H2,1-3H3/t18-/m1/s1. The summed E-state index contributed by atoms with van der Waals surface area (Å²) in [5.74, 6) is -1.44. The highest BCUT2D eigenvalue weighted by Gasteiger charge is 2.46. The highest BCUT2D eigenvalue weighted by atomic mass is 32.1. The molecule has 4 rings (SSSR count). The van der Waals surface area contributed by atoms with E-state index in [4.69, 9.17) is 0 Å². The number of rotatable bonds is 5. The number of hydrogen-bond acceptors (Lipinski definition) is 6. The number of thiophene rings is 1. The van der Waals surface area contributed by atoms with E-state index in [2.05, 4.69) is 4.98 Å². The van der Waals surface area contributed by atoms with Crippen LogP contribution in [0.25, 0.3) is 11.4 Å². The zero-order valence-corrected chi connectivity index (χ0v) is 17.3. The molecule has 29 heavy (non-hydrogen) atoms. The predicted molar refractivity (Wildman–Crippen MR) is 112 cm³/mol. The van der Waals surface area contributed by atoms with Crippen molar-refractivity contribution in [1.29, 1.82) is 0 Å². The molecule has 0 saturated carbocycles. The summed E-state index contributed by atoms with van der Waals surface area (Å²) in [4.78, 5) is 34.7. The van der Waals surface area contributed by atoms with Crippen molar-refractivity contribution in [3.63, 3.8) is 0 Å². The molecule has 0 spiro atoms. The Balaban J connectivity index is 1.90. The minimum Gasteiger partial charge on any atom is -0.505 e. The second-order valence-corrected chi connectivity index (χ2v) is 8.27. The number of likely N-dealkylation sites (tertiary alicyclic amines) is 1. The van der Waals surface area contributed by atoms with Gasteiger partial charge in [0.2, 0.25) is 0 Å². The van der Waals surface area contributed by atoms with Gasteiger partial charge in [-0.3, -0.25) is 14.0 Å². The van der Waals surface area contributed by atoms with Gasteiger partial charge in [0, 0.05) is 24.2 Å². The number of fused-ring (bicyclic) bond motifs is 1. The Bertz CT molecular complexity index is 1110. The van der Waals surface area contributed by atoms with Crippen molar-refractivity contribution in [2.45, 2.75) is 13.0 Å². The zero-order chi connectivity index (χ0) is 20.7. The van der Waals surface area contributed by atoms with Crippen LogP contribution in [-0.2, 0) is 9.59 Å². The number of ketones is 1. The highest BCUT2D eigenvalue weighted by Crippen LogP contribution is 2.41. The molecule has 0 bridgehead atoms. The van der Waals surface area contributed by atoms with Crippen LogP contribution in [0, 0.1) is 6.92 Å². The number of likely N-dealkylation sites (N-methyl/N-ethyl adjacent to an activating group) is 1. The Morgan fingerprint density at radius 1 is 1.24 bits per heavy atom. The minimum atomic E-state index is -0.662. The third-order valence-electron chi connectivity index (χ3n) is 5.07. The molecule has 0 radical (unpaired) electrons. The van der Waals surface area contributed by atoms with Crippen molar-refractivity contribution in [3.05, 3.63) is 63.7 Å². The molecule has 150 valence electrons. The van der Waals surface area contributed by atoms with E-state index >= 15 is 0 Å². The fraction of sp³-hybridized carbons (Fsp3) is 0.286. The first-order valence-electron chi connectivity index (χ1n) is 9.30. The molecule has 7 nitrogen and oxygen atoms in total. The van der Waals surface area contributed by atoms with Gasteiger partial charge in [-0.25, -0.2) is 4.98 Å². The average Bonchev–Trinajstić information content (AvgIpc) is 3.37. The molecule has 1 aliphatic heterocycles. The number of pyridine rings is 1. The molecule has 1 atom stereocenters. The fourth-order valence-electron chi connectivity index (χ4n) is 3.69. The minimum absolute atomic E-state index is 0.116. The number of hydrogen-bond donors (Lipinski definition) is 1. The van der Waals surface area contributed by atoms with Gasteiger partial charge in [-0.15, -0.1) is 11.3 Å². The summed E-state index contributed by atoms with van der Waals surface area (Å²) in [7, 11) is 3.83. The van der Waals surface area contributed by atoms with E-state index in [-0.39, 0.29) is 11.3 Å². The number of Topliss-reactive ketones (excluding diaryl/α,β-unsaturated/α-hetero) is 1. The summed E-state index contributed by atoms with van der Waals surface area (Å²) in [5, 5.41) is 13.2. The molecule has 0 aromatic carbocycles. The van der Waals surface area contributed by atoms with Crippen molar-refractivity contribution in [2.24, 2.45) is 0 Å². The fourth-order valence-corrected chi connectivity index (χ4v) is 4.53. The summed E-state index contributed by atoms with van der Waals surface area (Å²) in [6.07, 6.45) is 1.78. The van der Waals surface area contributed by atoms with Gasteiger partial charge >= 0.3 is 0 Å². The normalized spacial score (nSPS) is 19.0. The third kappa shape index (κ3) is 3.24. The van der Waals surface area contributed by atoms with Crippen molar-refractivity contribution >= 4 is 34.4 Å². The first kappa shape index (κ1) is 19.4. The molecule has 8 heteroatoms. The van der Waals surface area contributed by atoms with Gasteiger partial charge in [0.15, 0.2) is 5.76 Å². The van der Waals surface area contributed by atoms with Crippen LogP contribution in [-0.4, -0.2) is 63.2 Å². The number of aryl methyl sites for hydroxylation is 1. The number of carbonyl (C=O) groups is 2. The second-order valence-electron chi connectivity index (χ2n) is 7.29. The maximum absolute atomic E-state index is 13.0. The predicted octanol–water partition coefficient (Wildman–Crippen LogP) is 2.69. The van der Waals surface area contributed by atoms with Crippen molar-refractivity contribution < 1.29 is 14.7 Å². The summed E-state index contributed by atoms with van der Waals surface area (Å²) in [6, 6.07) is 8.68. The lowest BCUT2D eigenvalue weighted by atomic mass is 10.0. The summed E-state index contributed by atoms with van der Waals surface area (Å²) < 4.78 is 1.74. The quantitative estimate of drug-likeness (QED) is 0.398. The van der Waals surface area contributed by atoms with Crippen molar-refractivity contribution in [1.82, 2.24) is 19.2 Å². The molecule has 0 aliphatic carbocycles. The molecular weight excluding hydrogens is 388 g/mol. The maximum Gasteiger partial charge on any atom is 0.295 e. The molecule has 1 fully saturated rings. The van der Waals surface area contributed by atoms with Crippen LogP contribution in [0.4, 0.5) is 0 Å². The van der Waals surface area contributed by atoms with Gasteiger partial charge in [0.05, 0.1) is 17.3 Å². The highest BCUT2D eigenvalue weighted by molar-refractivity contribution is 7.10. The molecule has 1 amide bonds. The van der Waals surface area contributed by atoms with Gasteiger partial charge in [-0.05, 0) is 44.6 Å². The number of aromatic nitrogens is 2. The SMILES string of the molecule is Cc1nc2ccccn2c1C(O)=C1C(=O)C(=O)N(CCN(C)C)[C@@H]1c1cccs1. The van der Waals surface area contributed by atoms with E-state index in [1.165, 1.54) is 11.3 Å². The molecule has 1 saturated heterocycles. The van der Waals surface area contributed by atoms with Gasteiger partial charge in [-0.1, -0.05) is 12.1 Å². The maximum atomic E-state index is 13.0. The average molecular weight is 410 g/mol. The van der Waals surface area contributed by atoms with E-state index in [1.54, 1.807) is 22.4 Å². The van der Waals surface area contributed by atoms with Crippen LogP contribution in [0.2, 0.25) is 0 Å². The van der Waals surface area contributed by atoms with Gasteiger partial charge < -0.3 is 14.9 Å². The van der Waals surface area contributed by atoms with Crippen LogP contribution in [0.3, 0.4) is 0 Å². The number of aliphatic hydroxyl groups excluding tert-OH is 1.